The second-order valence-corrected chi connectivity index (χ2v) is 9.94. The maximum atomic E-state index is 13.2. The first-order chi connectivity index (χ1) is 16.7. The number of aryl methyl sites for hydroxylation is 2. The molecule has 0 saturated carbocycles. The van der Waals surface area contributed by atoms with Crippen molar-refractivity contribution in [2.24, 2.45) is 4.99 Å². The number of anilines is 1. The summed E-state index contributed by atoms with van der Waals surface area (Å²) in [5, 5.41) is 2.85. The Hall–Kier alpha value is -3.98. The molecular weight excluding hydrogens is 466 g/mol. The van der Waals surface area contributed by atoms with Crippen molar-refractivity contribution >= 4 is 33.4 Å². The van der Waals surface area contributed by atoms with Crippen LogP contribution in [0.25, 0.3) is 0 Å². The van der Waals surface area contributed by atoms with Gasteiger partial charge in [-0.2, -0.15) is 0 Å². The van der Waals surface area contributed by atoms with Crippen LogP contribution in [0, 0.1) is 13.8 Å². The third kappa shape index (κ3) is 5.25. The number of hydrogen-bond acceptors (Lipinski definition) is 6. The van der Waals surface area contributed by atoms with E-state index in [-0.39, 0.29) is 10.7 Å². The highest BCUT2D eigenvalue weighted by Gasteiger charge is 2.32. The summed E-state index contributed by atoms with van der Waals surface area (Å²) >= 11 is 0. The van der Waals surface area contributed by atoms with Gasteiger partial charge in [0.05, 0.1) is 4.90 Å². The molecule has 1 aliphatic heterocycles. The number of amides is 1. The molecule has 9 heteroatoms. The Morgan fingerprint density at radius 2 is 1.66 bits per heavy atom. The van der Waals surface area contributed by atoms with Crippen LogP contribution in [0.3, 0.4) is 0 Å². The van der Waals surface area contributed by atoms with Gasteiger partial charge in [0.1, 0.15) is 11.9 Å². The topological polar surface area (TPSA) is 114 Å². The third-order valence-electron chi connectivity index (χ3n) is 5.55. The molecule has 8 nitrogen and oxygen atoms in total. The maximum Gasteiger partial charge on any atom is 0.331 e. The Kier molecular flexibility index (Phi) is 6.70. The monoisotopic (exact) mass is 491 g/mol. The van der Waals surface area contributed by atoms with Gasteiger partial charge in [0, 0.05) is 16.8 Å². The molecule has 0 fully saturated rings. The van der Waals surface area contributed by atoms with E-state index in [2.05, 4.69) is 15.0 Å². The molecule has 4 rings (SSSR count). The van der Waals surface area contributed by atoms with E-state index in [1.807, 2.05) is 32.0 Å². The van der Waals surface area contributed by atoms with Crippen molar-refractivity contribution in [3.63, 3.8) is 0 Å². The van der Waals surface area contributed by atoms with Gasteiger partial charge >= 0.3 is 5.97 Å². The Bertz CT molecular complexity index is 1420. The molecule has 3 aromatic rings. The molecule has 1 amide bonds. The van der Waals surface area contributed by atoms with Crippen molar-refractivity contribution in [3.05, 3.63) is 95.1 Å². The van der Waals surface area contributed by atoms with E-state index < -0.39 is 34.0 Å². The number of carbonyl (C=O) groups excluding carboxylic acids is 2. The number of aliphatic imine (C=N–C) groups is 1. The minimum atomic E-state index is -3.74. The summed E-state index contributed by atoms with van der Waals surface area (Å²) in [5.41, 5.74) is 3.34. The molecule has 2 atom stereocenters. The summed E-state index contributed by atoms with van der Waals surface area (Å²) in [4.78, 5) is 30.5. The number of nitrogens with zero attached hydrogens (tertiary/aromatic N) is 1. The highest BCUT2D eigenvalue weighted by molar-refractivity contribution is 7.90. The van der Waals surface area contributed by atoms with Crippen LogP contribution >= 0.6 is 0 Å². The third-order valence-corrected chi connectivity index (χ3v) is 6.95. The zero-order chi connectivity index (χ0) is 25.2. The standard InChI is InChI=1S/C26H25N3O5S/c1-16-13-14-17(2)21(15-16)28-25(30)23(19-9-5-4-6-10-19)34-26(31)18(3)27-24-20-11-7-8-12-22(20)35(32,33)29-24/h4-15,18,23H,1-3H3,(H,27,29)(H,28,30)/t18-,23?/m0/s1. The van der Waals surface area contributed by atoms with E-state index in [4.69, 9.17) is 4.74 Å². The van der Waals surface area contributed by atoms with Gasteiger partial charge < -0.3 is 10.1 Å². The van der Waals surface area contributed by atoms with E-state index in [1.54, 1.807) is 48.5 Å². The Balaban J connectivity index is 1.58. The smallest absolute Gasteiger partial charge is 0.331 e. The summed E-state index contributed by atoms with van der Waals surface area (Å²) in [5.74, 6) is -1.22. The molecule has 0 radical (unpaired) electrons. The molecule has 0 aromatic heterocycles. The Morgan fingerprint density at radius 3 is 2.40 bits per heavy atom. The van der Waals surface area contributed by atoms with Crippen molar-refractivity contribution in [1.82, 2.24) is 4.72 Å². The minimum absolute atomic E-state index is 0.0566. The van der Waals surface area contributed by atoms with Crippen LogP contribution in [0.2, 0.25) is 0 Å². The molecular formula is C26H25N3O5S. The van der Waals surface area contributed by atoms with Crippen molar-refractivity contribution in [3.8, 4) is 0 Å². The van der Waals surface area contributed by atoms with Crippen LogP contribution < -0.4 is 10.0 Å². The predicted molar refractivity (Wildman–Crippen MR) is 133 cm³/mol. The fourth-order valence-electron chi connectivity index (χ4n) is 3.66. The highest BCUT2D eigenvalue weighted by Crippen LogP contribution is 2.25. The lowest BCUT2D eigenvalue weighted by molar-refractivity contribution is -0.155. The molecule has 0 spiro atoms. The van der Waals surface area contributed by atoms with Crippen molar-refractivity contribution in [2.75, 3.05) is 5.32 Å². The molecule has 3 aromatic carbocycles. The van der Waals surface area contributed by atoms with Gasteiger partial charge in [0.25, 0.3) is 15.9 Å². The molecule has 180 valence electrons. The lowest BCUT2D eigenvalue weighted by atomic mass is 10.1. The molecule has 0 aliphatic carbocycles. The van der Waals surface area contributed by atoms with Crippen molar-refractivity contribution < 1.29 is 22.7 Å². The number of benzene rings is 3. The zero-order valence-electron chi connectivity index (χ0n) is 19.5. The number of ether oxygens (including phenoxy) is 1. The fraction of sp³-hybridized carbons (Fsp3) is 0.192. The van der Waals surface area contributed by atoms with Crippen LogP contribution in [0.5, 0.6) is 0 Å². The number of fused-ring (bicyclic) bond motifs is 1. The number of nitrogens with one attached hydrogen (secondary N) is 2. The molecule has 35 heavy (non-hydrogen) atoms. The zero-order valence-corrected chi connectivity index (χ0v) is 20.3. The number of hydrogen-bond donors (Lipinski definition) is 2. The van der Waals surface area contributed by atoms with Gasteiger partial charge in [-0.3, -0.25) is 14.5 Å². The highest BCUT2D eigenvalue weighted by atomic mass is 32.2. The van der Waals surface area contributed by atoms with Gasteiger partial charge in [-0.05, 0) is 50.1 Å². The molecule has 1 unspecified atom stereocenters. The van der Waals surface area contributed by atoms with E-state index in [1.165, 1.54) is 13.0 Å². The van der Waals surface area contributed by atoms with Crippen LogP contribution in [0.15, 0.2) is 82.7 Å². The minimum Gasteiger partial charge on any atom is -0.446 e. The summed E-state index contributed by atoms with van der Waals surface area (Å²) in [6.45, 7) is 5.27. The quantitative estimate of drug-likeness (QED) is 0.511. The van der Waals surface area contributed by atoms with Crippen LogP contribution in [0.4, 0.5) is 5.69 Å². The van der Waals surface area contributed by atoms with Gasteiger partial charge in [-0.1, -0.05) is 54.6 Å². The van der Waals surface area contributed by atoms with Crippen molar-refractivity contribution in [1.29, 1.82) is 0 Å². The predicted octanol–water partition coefficient (Wildman–Crippen LogP) is 3.65. The average molecular weight is 492 g/mol. The Morgan fingerprint density at radius 1 is 0.971 bits per heavy atom. The first-order valence-electron chi connectivity index (χ1n) is 11.0. The van der Waals surface area contributed by atoms with E-state index >= 15 is 0 Å². The maximum absolute atomic E-state index is 13.2. The van der Waals surface area contributed by atoms with Crippen LogP contribution in [-0.2, 0) is 24.3 Å². The van der Waals surface area contributed by atoms with E-state index in [0.717, 1.165) is 11.1 Å². The van der Waals surface area contributed by atoms with Gasteiger partial charge in [-0.15, -0.1) is 0 Å². The molecule has 0 bridgehead atoms. The van der Waals surface area contributed by atoms with E-state index in [9.17, 15) is 18.0 Å². The summed E-state index contributed by atoms with van der Waals surface area (Å²) < 4.78 is 32.6. The lowest BCUT2D eigenvalue weighted by Crippen LogP contribution is -2.31. The van der Waals surface area contributed by atoms with Crippen LogP contribution in [0.1, 0.15) is 35.3 Å². The van der Waals surface area contributed by atoms with Gasteiger partial charge in [0.2, 0.25) is 6.10 Å². The number of rotatable bonds is 6. The molecule has 0 saturated heterocycles. The van der Waals surface area contributed by atoms with Crippen LogP contribution in [-0.4, -0.2) is 32.2 Å². The Labute approximate surface area is 204 Å². The SMILES string of the molecule is Cc1ccc(C)c(NC(=O)C(OC(=O)[C@H](C)N=C2NS(=O)(=O)c3ccccc32)c2ccccc2)c1. The number of sulfonamides is 1. The second kappa shape index (κ2) is 9.71. The van der Waals surface area contributed by atoms with E-state index in [0.29, 0.717) is 16.8 Å². The summed E-state index contributed by atoms with van der Waals surface area (Å²) in [6.07, 6.45) is -1.22. The number of carbonyl (C=O) groups is 2. The first-order valence-corrected chi connectivity index (χ1v) is 12.5. The molecule has 1 aliphatic rings. The van der Waals surface area contributed by atoms with Gasteiger partial charge in [0.15, 0.2) is 0 Å². The second-order valence-electron chi connectivity index (χ2n) is 8.29. The number of esters is 1. The first kappa shape index (κ1) is 24.2. The van der Waals surface area contributed by atoms with Gasteiger partial charge in [-0.25, -0.2) is 13.2 Å². The summed E-state index contributed by atoms with van der Waals surface area (Å²) in [6, 6.07) is 19.6. The van der Waals surface area contributed by atoms with Crippen molar-refractivity contribution in [2.45, 2.75) is 37.8 Å². The average Bonchev–Trinajstić information content (AvgIpc) is 3.10. The normalized spacial score (nSPS) is 16.6. The molecule has 2 N–H and O–H groups in total. The largest absolute Gasteiger partial charge is 0.446 e. The fourth-order valence-corrected chi connectivity index (χ4v) is 4.90. The lowest BCUT2D eigenvalue weighted by Gasteiger charge is -2.20. The molecule has 1 heterocycles. The summed E-state index contributed by atoms with van der Waals surface area (Å²) in [7, 11) is -3.74. The number of amidine groups is 1.